The first-order valence-corrected chi connectivity index (χ1v) is 9.27. The van der Waals surface area contributed by atoms with E-state index in [1.807, 2.05) is 0 Å². The van der Waals surface area contributed by atoms with E-state index in [0.717, 1.165) is 12.1 Å². The van der Waals surface area contributed by atoms with Crippen molar-refractivity contribution in [3.63, 3.8) is 0 Å². The second kappa shape index (κ2) is 7.06. The van der Waals surface area contributed by atoms with Gasteiger partial charge < -0.3 is 15.0 Å². The molecule has 3 aliphatic heterocycles. The van der Waals surface area contributed by atoms with Gasteiger partial charge in [0, 0.05) is 12.1 Å². The zero-order valence-corrected chi connectivity index (χ0v) is 15.6. The van der Waals surface area contributed by atoms with E-state index in [9.17, 15) is 18.4 Å². The van der Waals surface area contributed by atoms with Crippen LogP contribution in [-0.4, -0.2) is 59.7 Å². The lowest BCUT2D eigenvalue weighted by atomic mass is 9.99. The number of aliphatic imine (C=N–C) groups is 2. The van der Waals surface area contributed by atoms with Crippen molar-refractivity contribution < 1.29 is 23.1 Å². The summed E-state index contributed by atoms with van der Waals surface area (Å²) in [6.07, 6.45) is 0.408. The van der Waals surface area contributed by atoms with Gasteiger partial charge in [0.25, 0.3) is 11.8 Å². The van der Waals surface area contributed by atoms with Crippen molar-refractivity contribution in [3.8, 4) is 11.3 Å². The number of nitrogens with zero attached hydrogens (tertiary/aromatic N) is 4. The lowest BCUT2D eigenvalue weighted by molar-refractivity contribution is -0.132. The molecule has 30 heavy (non-hydrogen) atoms. The fourth-order valence-electron chi connectivity index (χ4n) is 3.65. The van der Waals surface area contributed by atoms with Gasteiger partial charge in [-0.05, 0) is 18.2 Å². The van der Waals surface area contributed by atoms with Crippen molar-refractivity contribution in [3.05, 3.63) is 52.7 Å². The van der Waals surface area contributed by atoms with Crippen LogP contribution in [-0.2, 0) is 16.1 Å². The van der Waals surface area contributed by atoms with Crippen LogP contribution < -0.4 is 5.32 Å². The quantitative estimate of drug-likeness (QED) is 0.823. The standard InChI is InChI=1S/C20H15F2N5O3/c21-11-2-1-3-12(22)17(11)13-6-10(16-15(25-13)8-24-19(16)28)14-7-23-18(26-14)20(29)27-4-5-30-9-27/h1-3,6-7,18H,4-5,8-9H2,(H,24,28). The van der Waals surface area contributed by atoms with E-state index in [1.54, 1.807) is 0 Å². The summed E-state index contributed by atoms with van der Waals surface area (Å²) < 4.78 is 33.8. The largest absolute Gasteiger partial charge is 0.359 e. The van der Waals surface area contributed by atoms with Crippen LogP contribution in [0.5, 0.6) is 0 Å². The average molecular weight is 411 g/mol. The van der Waals surface area contributed by atoms with E-state index in [-0.39, 0.29) is 47.6 Å². The van der Waals surface area contributed by atoms with Gasteiger partial charge in [-0.1, -0.05) is 6.07 Å². The molecule has 1 saturated heterocycles. The maximum Gasteiger partial charge on any atom is 0.271 e. The summed E-state index contributed by atoms with van der Waals surface area (Å²) in [5.74, 6) is -2.22. The van der Waals surface area contributed by atoms with E-state index in [4.69, 9.17) is 4.74 Å². The van der Waals surface area contributed by atoms with Gasteiger partial charge in [-0.3, -0.25) is 14.6 Å². The predicted molar refractivity (Wildman–Crippen MR) is 102 cm³/mol. The maximum absolute atomic E-state index is 14.3. The summed E-state index contributed by atoms with van der Waals surface area (Å²) in [7, 11) is 0. The molecule has 1 fully saturated rings. The molecule has 2 aromatic rings. The van der Waals surface area contributed by atoms with Crippen molar-refractivity contribution in [1.29, 1.82) is 0 Å². The minimum Gasteiger partial charge on any atom is -0.359 e. The molecule has 1 unspecified atom stereocenters. The van der Waals surface area contributed by atoms with E-state index < -0.39 is 17.8 Å². The molecule has 2 amide bonds. The Morgan fingerprint density at radius 3 is 2.77 bits per heavy atom. The Morgan fingerprint density at radius 2 is 2.03 bits per heavy atom. The Hall–Kier alpha value is -3.53. The summed E-state index contributed by atoms with van der Waals surface area (Å²) in [6, 6.07) is 4.94. The molecule has 3 aliphatic rings. The number of hydrogen-bond donors (Lipinski definition) is 1. The number of benzene rings is 1. The molecule has 152 valence electrons. The molecule has 0 radical (unpaired) electrons. The second-order valence-electron chi connectivity index (χ2n) is 6.96. The van der Waals surface area contributed by atoms with Crippen molar-refractivity contribution in [2.45, 2.75) is 12.7 Å². The third-order valence-corrected chi connectivity index (χ3v) is 5.12. The Kier molecular flexibility index (Phi) is 4.35. The first-order chi connectivity index (χ1) is 14.5. The number of amides is 2. The number of ether oxygens (including phenoxy) is 1. The maximum atomic E-state index is 14.3. The van der Waals surface area contributed by atoms with Gasteiger partial charge in [-0.15, -0.1) is 0 Å². The summed E-state index contributed by atoms with van der Waals surface area (Å²) in [5, 5.41) is 2.66. The molecule has 0 spiro atoms. The van der Waals surface area contributed by atoms with Gasteiger partial charge >= 0.3 is 0 Å². The number of hydrogen-bond acceptors (Lipinski definition) is 6. The molecule has 1 aromatic carbocycles. The molecule has 0 saturated carbocycles. The fraction of sp³-hybridized carbons (Fsp3) is 0.250. The number of rotatable bonds is 3. The van der Waals surface area contributed by atoms with Crippen molar-refractivity contribution in [2.24, 2.45) is 9.98 Å². The molecule has 0 bridgehead atoms. The van der Waals surface area contributed by atoms with Crippen molar-refractivity contribution >= 4 is 23.7 Å². The topological polar surface area (TPSA) is 96.2 Å². The van der Waals surface area contributed by atoms with Gasteiger partial charge in [0.05, 0.1) is 47.6 Å². The molecule has 10 heteroatoms. The fourth-order valence-corrected chi connectivity index (χ4v) is 3.65. The third kappa shape index (κ3) is 2.96. The van der Waals surface area contributed by atoms with E-state index >= 15 is 0 Å². The van der Waals surface area contributed by atoms with Crippen LogP contribution in [0.1, 0.15) is 21.6 Å². The van der Waals surface area contributed by atoms with Crippen LogP contribution in [0, 0.1) is 11.6 Å². The number of carbonyl (C=O) groups excluding carboxylic acids is 2. The summed E-state index contributed by atoms with van der Waals surface area (Å²) in [6.45, 7) is 1.22. The lowest BCUT2D eigenvalue weighted by Gasteiger charge is -2.14. The minimum atomic E-state index is -0.983. The molecule has 8 nitrogen and oxygen atoms in total. The van der Waals surface area contributed by atoms with Crippen LogP contribution in [0.15, 0.2) is 34.3 Å². The zero-order valence-electron chi connectivity index (χ0n) is 15.6. The molecule has 1 aromatic heterocycles. The highest BCUT2D eigenvalue weighted by Gasteiger charge is 2.32. The smallest absolute Gasteiger partial charge is 0.271 e. The Labute approximate surface area is 169 Å². The normalized spacial score (nSPS) is 19.8. The lowest BCUT2D eigenvalue weighted by Crippen LogP contribution is -2.35. The average Bonchev–Trinajstić information content (AvgIpc) is 3.49. The van der Waals surface area contributed by atoms with Crippen molar-refractivity contribution in [2.75, 3.05) is 19.9 Å². The summed E-state index contributed by atoms with van der Waals surface area (Å²) in [4.78, 5) is 39.2. The van der Waals surface area contributed by atoms with Crippen LogP contribution in [0.3, 0.4) is 0 Å². The predicted octanol–water partition coefficient (Wildman–Crippen LogP) is 1.29. The van der Waals surface area contributed by atoms with Gasteiger partial charge in [-0.2, -0.15) is 0 Å². The molecule has 1 atom stereocenters. The highest BCUT2D eigenvalue weighted by molar-refractivity contribution is 6.41. The first-order valence-electron chi connectivity index (χ1n) is 9.27. The van der Waals surface area contributed by atoms with Gasteiger partial charge in [0.2, 0.25) is 6.17 Å². The van der Waals surface area contributed by atoms with Crippen LogP contribution in [0.2, 0.25) is 0 Å². The van der Waals surface area contributed by atoms with Crippen LogP contribution in [0.25, 0.3) is 11.3 Å². The molecule has 5 rings (SSSR count). The molecule has 4 heterocycles. The molecular weight excluding hydrogens is 396 g/mol. The van der Waals surface area contributed by atoms with E-state index in [2.05, 4.69) is 20.3 Å². The SMILES string of the molecule is O=C1NCc2nc(-c3c(F)cccc3F)cc(C3=NC(C(=O)N4CCOC4)N=C3)c21. The number of halogens is 2. The minimum absolute atomic E-state index is 0.0367. The van der Waals surface area contributed by atoms with Crippen LogP contribution in [0.4, 0.5) is 8.78 Å². The van der Waals surface area contributed by atoms with Crippen LogP contribution >= 0.6 is 0 Å². The third-order valence-electron chi connectivity index (χ3n) is 5.12. The highest BCUT2D eigenvalue weighted by Crippen LogP contribution is 2.30. The molecular formula is C20H15F2N5O3. The number of aromatic nitrogens is 1. The second-order valence-corrected chi connectivity index (χ2v) is 6.96. The van der Waals surface area contributed by atoms with Gasteiger partial charge in [-0.25, -0.2) is 18.8 Å². The Balaban J connectivity index is 1.59. The zero-order chi connectivity index (χ0) is 20.8. The van der Waals surface area contributed by atoms with Gasteiger partial charge in [0.15, 0.2) is 0 Å². The van der Waals surface area contributed by atoms with Gasteiger partial charge in [0.1, 0.15) is 18.4 Å². The van der Waals surface area contributed by atoms with E-state index in [0.29, 0.717) is 24.4 Å². The Morgan fingerprint density at radius 1 is 1.23 bits per heavy atom. The summed E-state index contributed by atoms with van der Waals surface area (Å²) >= 11 is 0. The van der Waals surface area contributed by atoms with Crippen molar-refractivity contribution in [1.82, 2.24) is 15.2 Å². The number of nitrogens with one attached hydrogen (secondary N) is 1. The number of fused-ring (bicyclic) bond motifs is 1. The van der Waals surface area contributed by atoms with E-state index in [1.165, 1.54) is 23.2 Å². The Bertz CT molecular complexity index is 1120. The monoisotopic (exact) mass is 411 g/mol. The summed E-state index contributed by atoms with van der Waals surface area (Å²) in [5.41, 5.74) is 0.965. The first kappa shape index (κ1) is 18.5. The highest BCUT2D eigenvalue weighted by atomic mass is 19.1. The number of carbonyl (C=O) groups is 2. The molecule has 1 N–H and O–H groups in total. The molecule has 0 aliphatic carbocycles. The number of pyridine rings is 1.